The second-order valence-electron chi connectivity index (χ2n) is 9.12. The van der Waals surface area contributed by atoms with Crippen molar-refractivity contribution in [1.82, 2.24) is 15.0 Å². The van der Waals surface area contributed by atoms with Crippen molar-refractivity contribution in [2.75, 3.05) is 18.7 Å². The molecule has 1 aliphatic heterocycles. The minimum absolute atomic E-state index is 0.0735. The molecule has 2 N–H and O–H groups in total. The topological polar surface area (TPSA) is 127 Å². The van der Waals surface area contributed by atoms with Crippen LogP contribution in [0.3, 0.4) is 0 Å². The first-order valence-corrected chi connectivity index (χ1v) is 13.9. The smallest absolute Gasteiger partial charge is 0.329 e. The Hall–Kier alpha value is -4.97. The summed E-state index contributed by atoms with van der Waals surface area (Å²) in [5.74, 6) is -0.173. The summed E-state index contributed by atoms with van der Waals surface area (Å²) in [6.07, 6.45) is 1.30. The Bertz CT molecular complexity index is 1680. The van der Waals surface area contributed by atoms with Gasteiger partial charge in [0, 0.05) is 42.5 Å². The molecule has 3 aromatic carbocycles. The molecule has 4 aromatic rings. The standard InChI is InChI=1S/C29H25FN4O6S/c1-34(21-12-13-24-25(16-21)40-18-39-24)28(35)23(15-19-7-3-2-4-8-19)32-29(36)33-41(37,38)26-10-6-5-9-22(26)20-11-14-27(30)31-17-20/h2-14,16-17,23H,15,18H2,1H3,(H2,32,33,36). The highest BCUT2D eigenvalue weighted by Gasteiger charge is 2.29. The molecule has 210 valence electrons. The van der Waals surface area contributed by atoms with Crippen molar-refractivity contribution >= 4 is 27.6 Å². The zero-order valence-electron chi connectivity index (χ0n) is 21.8. The molecular formula is C29H25FN4O6S. The number of amides is 3. The molecule has 0 bridgehead atoms. The van der Waals surface area contributed by atoms with Crippen LogP contribution in [0.25, 0.3) is 11.1 Å². The van der Waals surface area contributed by atoms with Gasteiger partial charge in [-0.3, -0.25) is 4.79 Å². The summed E-state index contributed by atoms with van der Waals surface area (Å²) in [6.45, 7) is 0.0735. The molecule has 41 heavy (non-hydrogen) atoms. The number of rotatable bonds is 8. The summed E-state index contributed by atoms with van der Waals surface area (Å²) in [5, 5.41) is 2.52. The van der Waals surface area contributed by atoms with Crippen molar-refractivity contribution in [3.05, 3.63) is 103 Å². The van der Waals surface area contributed by atoms with Crippen LogP contribution in [0.1, 0.15) is 5.56 Å². The number of urea groups is 1. The van der Waals surface area contributed by atoms with Crippen LogP contribution in [0.15, 0.2) is 96.0 Å². The van der Waals surface area contributed by atoms with Crippen molar-refractivity contribution in [2.24, 2.45) is 0 Å². The first kappa shape index (κ1) is 27.6. The van der Waals surface area contributed by atoms with Crippen LogP contribution in [-0.4, -0.2) is 45.2 Å². The number of nitrogens with one attached hydrogen (secondary N) is 2. The van der Waals surface area contributed by atoms with Gasteiger partial charge in [0.2, 0.25) is 18.6 Å². The molecule has 1 atom stereocenters. The van der Waals surface area contributed by atoms with Crippen molar-refractivity contribution in [1.29, 1.82) is 0 Å². The summed E-state index contributed by atoms with van der Waals surface area (Å²) in [6, 6.07) is 20.2. The quantitative estimate of drug-likeness (QED) is 0.305. The third kappa shape index (κ3) is 6.28. The summed E-state index contributed by atoms with van der Waals surface area (Å²) in [4.78, 5) is 31.4. The van der Waals surface area contributed by atoms with E-state index < -0.39 is 34.0 Å². The number of nitrogens with zero attached hydrogens (tertiary/aromatic N) is 2. The normalized spacial score (nSPS) is 12.8. The lowest BCUT2D eigenvalue weighted by atomic mass is 10.0. The van der Waals surface area contributed by atoms with Gasteiger partial charge in [0.05, 0.1) is 4.90 Å². The van der Waals surface area contributed by atoms with E-state index >= 15 is 0 Å². The predicted octanol–water partition coefficient (Wildman–Crippen LogP) is 3.88. The van der Waals surface area contributed by atoms with Crippen molar-refractivity contribution in [3.8, 4) is 22.6 Å². The van der Waals surface area contributed by atoms with E-state index in [0.717, 1.165) is 11.6 Å². The Morgan fingerprint density at radius 3 is 2.46 bits per heavy atom. The minimum Gasteiger partial charge on any atom is -0.454 e. The molecule has 0 spiro atoms. The summed E-state index contributed by atoms with van der Waals surface area (Å²) >= 11 is 0. The molecule has 0 radical (unpaired) electrons. The van der Waals surface area contributed by atoms with E-state index in [9.17, 15) is 22.4 Å². The number of sulfonamides is 1. The maximum absolute atomic E-state index is 13.6. The van der Waals surface area contributed by atoms with E-state index in [4.69, 9.17) is 9.47 Å². The van der Waals surface area contributed by atoms with Gasteiger partial charge in [-0.2, -0.15) is 4.39 Å². The van der Waals surface area contributed by atoms with Gasteiger partial charge in [-0.1, -0.05) is 48.5 Å². The molecule has 5 rings (SSSR count). The molecule has 1 aromatic heterocycles. The average molecular weight is 577 g/mol. The van der Waals surface area contributed by atoms with E-state index in [0.29, 0.717) is 22.7 Å². The van der Waals surface area contributed by atoms with Crippen LogP contribution in [0, 0.1) is 5.95 Å². The van der Waals surface area contributed by atoms with E-state index in [1.165, 1.54) is 35.4 Å². The number of likely N-dealkylation sites (N-methyl/N-ethyl adjacent to an activating group) is 1. The molecule has 0 saturated carbocycles. The number of halogens is 1. The van der Waals surface area contributed by atoms with E-state index in [-0.39, 0.29) is 23.7 Å². The Balaban J connectivity index is 1.38. The monoisotopic (exact) mass is 576 g/mol. The third-order valence-corrected chi connectivity index (χ3v) is 7.79. The summed E-state index contributed by atoms with van der Waals surface area (Å²) < 4.78 is 52.6. The number of fused-ring (bicyclic) bond motifs is 1. The van der Waals surface area contributed by atoms with Crippen molar-refractivity contribution in [3.63, 3.8) is 0 Å². The van der Waals surface area contributed by atoms with E-state index in [2.05, 4.69) is 10.3 Å². The van der Waals surface area contributed by atoms with Gasteiger partial charge < -0.3 is 19.7 Å². The minimum atomic E-state index is -4.41. The van der Waals surface area contributed by atoms with Crippen LogP contribution < -0.4 is 24.4 Å². The number of carbonyl (C=O) groups is 2. The molecule has 1 unspecified atom stereocenters. The van der Waals surface area contributed by atoms with E-state index in [1.54, 1.807) is 55.6 Å². The molecule has 0 fully saturated rings. The fourth-order valence-electron chi connectivity index (χ4n) is 4.34. The lowest BCUT2D eigenvalue weighted by Gasteiger charge is -2.25. The molecule has 3 amide bonds. The molecule has 2 heterocycles. The number of benzene rings is 3. The predicted molar refractivity (Wildman–Crippen MR) is 148 cm³/mol. The Morgan fingerprint density at radius 2 is 1.71 bits per heavy atom. The number of carbonyl (C=O) groups excluding carboxylic acids is 2. The number of hydrogen-bond acceptors (Lipinski definition) is 7. The second kappa shape index (κ2) is 11.6. The number of aromatic nitrogens is 1. The first-order chi connectivity index (χ1) is 19.7. The molecule has 0 saturated heterocycles. The lowest BCUT2D eigenvalue weighted by Crippen LogP contribution is -2.52. The van der Waals surface area contributed by atoms with Crippen molar-refractivity contribution < 1.29 is 31.9 Å². The van der Waals surface area contributed by atoms with Crippen molar-refractivity contribution in [2.45, 2.75) is 17.4 Å². The maximum atomic E-state index is 13.6. The zero-order valence-corrected chi connectivity index (χ0v) is 22.6. The highest BCUT2D eigenvalue weighted by molar-refractivity contribution is 7.90. The number of ether oxygens (including phenoxy) is 2. The SMILES string of the molecule is CN(C(=O)C(Cc1ccccc1)NC(=O)NS(=O)(=O)c1ccccc1-c1ccc(F)nc1)c1ccc2c(c1)OCO2. The van der Waals surface area contributed by atoms with Crippen LogP contribution >= 0.6 is 0 Å². The first-order valence-electron chi connectivity index (χ1n) is 12.5. The number of pyridine rings is 1. The largest absolute Gasteiger partial charge is 0.454 e. The highest BCUT2D eigenvalue weighted by Crippen LogP contribution is 2.35. The Labute approximate surface area is 235 Å². The fraction of sp³-hybridized carbons (Fsp3) is 0.138. The van der Waals surface area contributed by atoms with Crippen LogP contribution in [0.4, 0.5) is 14.9 Å². The Morgan fingerprint density at radius 1 is 0.976 bits per heavy atom. The van der Waals surface area contributed by atoms with Gasteiger partial charge in [0.15, 0.2) is 11.5 Å². The summed E-state index contributed by atoms with van der Waals surface area (Å²) in [7, 11) is -2.87. The molecule has 0 aliphatic carbocycles. The second-order valence-corrected chi connectivity index (χ2v) is 10.8. The van der Waals surface area contributed by atoms with Crippen LogP contribution in [0.2, 0.25) is 0 Å². The summed E-state index contributed by atoms with van der Waals surface area (Å²) in [5.41, 5.74) is 1.81. The van der Waals surface area contributed by atoms with Crippen LogP contribution in [-0.2, 0) is 21.2 Å². The maximum Gasteiger partial charge on any atom is 0.329 e. The van der Waals surface area contributed by atoms with Gasteiger partial charge in [-0.25, -0.2) is 22.9 Å². The van der Waals surface area contributed by atoms with Gasteiger partial charge in [-0.15, -0.1) is 0 Å². The zero-order chi connectivity index (χ0) is 29.0. The highest BCUT2D eigenvalue weighted by atomic mass is 32.2. The van der Waals surface area contributed by atoms with E-state index in [1.807, 2.05) is 10.8 Å². The molecular weight excluding hydrogens is 551 g/mol. The van der Waals surface area contributed by atoms with Gasteiger partial charge >= 0.3 is 6.03 Å². The molecule has 10 nitrogen and oxygen atoms in total. The third-order valence-electron chi connectivity index (χ3n) is 6.40. The van der Waals surface area contributed by atoms with Crippen LogP contribution in [0.5, 0.6) is 11.5 Å². The van der Waals surface area contributed by atoms with Gasteiger partial charge in [0.1, 0.15) is 6.04 Å². The van der Waals surface area contributed by atoms with Gasteiger partial charge in [-0.05, 0) is 35.9 Å². The number of hydrogen-bond donors (Lipinski definition) is 2. The average Bonchev–Trinajstić information content (AvgIpc) is 3.45. The molecule has 1 aliphatic rings. The fourth-order valence-corrected chi connectivity index (χ4v) is 5.49. The lowest BCUT2D eigenvalue weighted by molar-refractivity contribution is -0.120. The Kier molecular flexibility index (Phi) is 7.83. The number of anilines is 1. The molecule has 12 heteroatoms. The van der Waals surface area contributed by atoms with Gasteiger partial charge in [0.25, 0.3) is 10.0 Å².